The van der Waals surface area contributed by atoms with Gasteiger partial charge in [0.05, 0.1) is 16.5 Å². The maximum atomic E-state index is 13.6. The van der Waals surface area contributed by atoms with Crippen LogP contribution in [0.25, 0.3) is 10.9 Å². The first kappa shape index (κ1) is 24.8. The van der Waals surface area contributed by atoms with Gasteiger partial charge in [0.25, 0.3) is 10.0 Å². The number of hydrogen-bond donors (Lipinski definition) is 0. The Hall–Kier alpha value is -2.93. The summed E-state index contributed by atoms with van der Waals surface area (Å²) in [6, 6.07) is 22.0. The van der Waals surface area contributed by atoms with E-state index in [2.05, 4.69) is 48.2 Å². The smallest absolute Gasteiger partial charge is 0.268 e. The number of nitrogens with zero attached hydrogens (tertiary/aromatic N) is 2. The first-order valence-electron chi connectivity index (χ1n) is 12.5. The highest BCUT2D eigenvalue weighted by Gasteiger charge is 2.31. The minimum absolute atomic E-state index is 0.242. The lowest BCUT2D eigenvalue weighted by molar-refractivity contribution is 0.00692. The molecule has 1 fully saturated rings. The molecule has 5 nitrogen and oxygen atoms in total. The van der Waals surface area contributed by atoms with E-state index in [4.69, 9.17) is 4.74 Å². The van der Waals surface area contributed by atoms with Gasteiger partial charge < -0.3 is 4.74 Å². The molecular formula is C30H34N2O3S. The first-order valence-corrected chi connectivity index (χ1v) is 14.0. The molecule has 3 aromatic carbocycles. The molecule has 1 aromatic heterocycles. The largest absolute Gasteiger partial charge is 0.381 e. The summed E-state index contributed by atoms with van der Waals surface area (Å²) >= 11 is 0. The van der Waals surface area contributed by atoms with Crippen LogP contribution in [0.5, 0.6) is 0 Å². The lowest BCUT2D eigenvalue weighted by atomic mass is 9.91. The van der Waals surface area contributed by atoms with Crippen molar-refractivity contribution in [2.24, 2.45) is 0 Å². The van der Waals surface area contributed by atoms with Crippen LogP contribution in [-0.4, -0.2) is 37.0 Å². The lowest BCUT2D eigenvalue weighted by Gasteiger charge is -2.39. The third-order valence-electron chi connectivity index (χ3n) is 7.58. The molecular weight excluding hydrogens is 468 g/mol. The summed E-state index contributed by atoms with van der Waals surface area (Å²) in [4.78, 5) is 2.83. The molecule has 0 spiro atoms. The molecule has 1 aliphatic rings. The SMILES string of the molecule is COC1CCN(Cc2c(C)cc(C)c3c2ccn3S(=O)(=O)c2ccc(C)cc2)C(c2ccccc2)C1. The fraction of sp³-hybridized carbons (Fsp3) is 0.333. The van der Waals surface area contributed by atoms with Crippen molar-refractivity contribution in [3.05, 3.63) is 101 Å². The minimum atomic E-state index is -3.70. The quantitative estimate of drug-likeness (QED) is 0.317. The molecule has 0 saturated carbocycles. The topological polar surface area (TPSA) is 51.5 Å². The van der Waals surface area contributed by atoms with Crippen molar-refractivity contribution < 1.29 is 13.2 Å². The van der Waals surface area contributed by atoms with E-state index in [9.17, 15) is 8.42 Å². The van der Waals surface area contributed by atoms with Gasteiger partial charge in [0.2, 0.25) is 0 Å². The van der Waals surface area contributed by atoms with Gasteiger partial charge in [0, 0.05) is 37.8 Å². The number of hydrogen-bond acceptors (Lipinski definition) is 4. The summed E-state index contributed by atoms with van der Waals surface area (Å²) < 4.78 is 34.4. The highest BCUT2D eigenvalue weighted by atomic mass is 32.2. The average Bonchev–Trinajstić information content (AvgIpc) is 3.34. The Morgan fingerprint density at radius 2 is 1.67 bits per heavy atom. The second-order valence-electron chi connectivity index (χ2n) is 9.96. The molecule has 4 aromatic rings. The molecule has 5 rings (SSSR count). The van der Waals surface area contributed by atoms with Crippen molar-refractivity contribution in [3.8, 4) is 0 Å². The number of aryl methyl sites for hydroxylation is 3. The zero-order chi connectivity index (χ0) is 25.4. The molecule has 36 heavy (non-hydrogen) atoms. The summed E-state index contributed by atoms with van der Waals surface area (Å²) in [5.74, 6) is 0. The van der Waals surface area contributed by atoms with Gasteiger partial charge in [-0.2, -0.15) is 0 Å². The highest BCUT2D eigenvalue weighted by Crippen LogP contribution is 2.36. The fourth-order valence-corrected chi connectivity index (χ4v) is 6.99. The molecule has 6 heteroatoms. The maximum absolute atomic E-state index is 13.6. The van der Waals surface area contributed by atoms with Crippen LogP contribution < -0.4 is 0 Å². The molecule has 188 valence electrons. The Kier molecular flexibility index (Phi) is 6.77. The predicted molar refractivity (Wildman–Crippen MR) is 145 cm³/mol. The van der Waals surface area contributed by atoms with Gasteiger partial charge in [-0.25, -0.2) is 12.4 Å². The van der Waals surface area contributed by atoms with Crippen molar-refractivity contribution in [2.45, 2.75) is 57.2 Å². The predicted octanol–water partition coefficient (Wildman–Crippen LogP) is 6.16. The molecule has 0 N–H and O–H groups in total. The van der Waals surface area contributed by atoms with Gasteiger partial charge in [-0.15, -0.1) is 0 Å². The van der Waals surface area contributed by atoms with Gasteiger partial charge in [-0.1, -0.05) is 54.1 Å². The van der Waals surface area contributed by atoms with Gasteiger partial charge in [0.15, 0.2) is 0 Å². The molecule has 2 unspecified atom stereocenters. The number of rotatable bonds is 6. The Bertz CT molecular complexity index is 1470. The van der Waals surface area contributed by atoms with Gasteiger partial charge >= 0.3 is 0 Å². The van der Waals surface area contributed by atoms with Crippen LogP contribution in [-0.2, 0) is 21.3 Å². The van der Waals surface area contributed by atoms with Crippen LogP contribution in [0.2, 0.25) is 0 Å². The molecule has 0 bridgehead atoms. The van der Waals surface area contributed by atoms with E-state index < -0.39 is 10.0 Å². The second-order valence-corrected chi connectivity index (χ2v) is 11.8. The normalized spacial score (nSPS) is 19.1. The van der Waals surface area contributed by atoms with Crippen molar-refractivity contribution >= 4 is 20.9 Å². The van der Waals surface area contributed by atoms with Crippen molar-refractivity contribution in [1.82, 2.24) is 8.87 Å². The second kappa shape index (κ2) is 9.85. The number of benzene rings is 3. The third-order valence-corrected chi connectivity index (χ3v) is 9.27. The number of likely N-dealkylation sites (tertiary alicyclic amines) is 1. The number of piperidine rings is 1. The maximum Gasteiger partial charge on any atom is 0.268 e. The van der Waals surface area contributed by atoms with Crippen molar-refractivity contribution in [1.29, 1.82) is 0 Å². The number of fused-ring (bicyclic) bond motifs is 1. The Labute approximate surface area is 214 Å². The molecule has 2 atom stereocenters. The van der Waals surface area contributed by atoms with E-state index in [1.165, 1.54) is 20.7 Å². The summed E-state index contributed by atoms with van der Waals surface area (Å²) in [6.07, 6.45) is 3.88. The van der Waals surface area contributed by atoms with Crippen LogP contribution in [0.1, 0.15) is 46.7 Å². The summed E-state index contributed by atoms with van der Waals surface area (Å²) in [5, 5.41) is 1.00. The van der Waals surface area contributed by atoms with Crippen molar-refractivity contribution in [3.63, 3.8) is 0 Å². The van der Waals surface area contributed by atoms with E-state index >= 15 is 0 Å². The van der Waals surface area contributed by atoms with Gasteiger partial charge in [-0.3, -0.25) is 4.90 Å². The molecule has 0 amide bonds. The first-order chi connectivity index (χ1) is 17.3. The van der Waals surface area contributed by atoms with Crippen LogP contribution in [0.4, 0.5) is 0 Å². The fourth-order valence-electron chi connectivity index (χ4n) is 5.58. The molecule has 0 aliphatic carbocycles. The minimum Gasteiger partial charge on any atom is -0.381 e. The average molecular weight is 503 g/mol. The summed E-state index contributed by atoms with van der Waals surface area (Å²) in [5.41, 5.74) is 6.42. The lowest BCUT2D eigenvalue weighted by Crippen LogP contribution is -2.39. The zero-order valence-corrected chi connectivity index (χ0v) is 22.3. The van der Waals surface area contributed by atoms with Crippen LogP contribution in [0.3, 0.4) is 0 Å². The van der Waals surface area contributed by atoms with E-state index in [0.717, 1.165) is 48.0 Å². The summed E-state index contributed by atoms with van der Waals surface area (Å²) in [6.45, 7) is 7.77. The standard InChI is InChI=1S/C30H34N2O3S/c1-21-10-12-26(13-11-21)36(33,34)32-17-15-27-28(22(2)18-23(3)30(27)32)20-31-16-14-25(35-4)19-29(31)24-8-6-5-7-9-24/h5-13,15,17-18,25,29H,14,16,19-20H2,1-4H3. The molecule has 1 saturated heterocycles. The van der Waals surface area contributed by atoms with Crippen LogP contribution in [0.15, 0.2) is 77.8 Å². The summed E-state index contributed by atoms with van der Waals surface area (Å²) in [7, 11) is -1.90. The monoisotopic (exact) mass is 502 g/mol. The van der Waals surface area contributed by atoms with Crippen LogP contribution in [0, 0.1) is 20.8 Å². The van der Waals surface area contributed by atoms with Gasteiger partial charge in [-0.05, 0) is 74.1 Å². The molecule has 1 aliphatic heterocycles. The number of ether oxygens (including phenoxy) is 1. The number of methoxy groups -OCH3 is 1. The molecule has 0 radical (unpaired) electrons. The molecule has 2 heterocycles. The van der Waals surface area contributed by atoms with Gasteiger partial charge in [0.1, 0.15) is 0 Å². The third kappa shape index (κ3) is 4.49. The Morgan fingerprint density at radius 1 is 0.944 bits per heavy atom. The van der Waals surface area contributed by atoms with E-state index in [1.54, 1.807) is 25.4 Å². The van der Waals surface area contributed by atoms with E-state index in [0.29, 0.717) is 4.90 Å². The number of aromatic nitrogens is 1. The van der Waals surface area contributed by atoms with Crippen molar-refractivity contribution in [2.75, 3.05) is 13.7 Å². The van der Waals surface area contributed by atoms with E-state index in [-0.39, 0.29) is 12.1 Å². The zero-order valence-electron chi connectivity index (χ0n) is 21.4. The Morgan fingerprint density at radius 3 is 2.36 bits per heavy atom. The Balaban J connectivity index is 1.57. The highest BCUT2D eigenvalue weighted by molar-refractivity contribution is 7.90. The van der Waals surface area contributed by atoms with E-state index in [1.807, 2.05) is 32.0 Å². The van der Waals surface area contributed by atoms with Crippen LogP contribution >= 0.6 is 0 Å².